The summed E-state index contributed by atoms with van der Waals surface area (Å²) < 4.78 is 0. The van der Waals surface area contributed by atoms with E-state index in [2.05, 4.69) is 10.7 Å². The lowest BCUT2D eigenvalue weighted by molar-refractivity contribution is 0.0951. The van der Waals surface area contributed by atoms with Gasteiger partial charge in [-0.25, -0.2) is 0 Å². The minimum atomic E-state index is -0.108. The Bertz CT molecular complexity index is 390. The summed E-state index contributed by atoms with van der Waals surface area (Å²) in [5.74, 6) is 5.27. The first-order valence-electron chi connectivity index (χ1n) is 5.55. The molecule has 0 fully saturated rings. The Morgan fingerprint density at radius 3 is 2.71 bits per heavy atom. The molecule has 0 unspecified atom stereocenters. The predicted molar refractivity (Wildman–Crippen MR) is 69.9 cm³/mol. The molecule has 0 bridgehead atoms. The molecule has 0 spiro atoms. The Morgan fingerprint density at radius 1 is 1.41 bits per heavy atom. The number of nitrogen functional groups attached to an aromatic ring is 1. The van der Waals surface area contributed by atoms with Crippen molar-refractivity contribution in [2.24, 2.45) is 5.84 Å². The fourth-order valence-corrected chi connectivity index (χ4v) is 1.46. The Labute approximate surface area is 102 Å². The van der Waals surface area contributed by atoms with Gasteiger partial charge in [0.2, 0.25) is 0 Å². The molecule has 0 aliphatic carbocycles. The summed E-state index contributed by atoms with van der Waals surface area (Å²) in [4.78, 5) is 13.9. The van der Waals surface area contributed by atoms with E-state index >= 15 is 0 Å². The summed E-state index contributed by atoms with van der Waals surface area (Å²) in [7, 11) is 3.93. The number of benzene rings is 1. The zero-order chi connectivity index (χ0) is 12.8. The highest BCUT2D eigenvalue weighted by Gasteiger charge is 2.10. The van der Waals surface area contributed by atoms with Crippen LogP contribution in [0.2, 0.25) is 0 Å². The van der Waals surface area contributed by atoms with Gasteiger partial charge in [-0.3, -0.25) is 10.6 Å². The van der Waals surface area contributed by atoms with Gasteiger partial charge in [0, 0.05) is 13.1 Å². The molecule has 17 heavy (non-hydrogen) atoms. The molecule has 1 aromatic rings. The molecule has 0 aliphatic heterocycles. The predicted octanol–water partition coefficient (Wildman–Crippen LogP) is 0.572. The summed E-state index contributed by atoms with van der Waals surface area (Å²) in [6.07, 6.45) is 0. The fraction of sp³-hybridized carbons (Fsp3) is 0.417. The molecule has 1 amide bonds. The summed E-state index contributed by atoms with van der Waals surface area (Å²) in [6, 6.07) is 5.53. The smallest absolute Gasteiger partial charge is 0.253 e. The third-order valence-corrected chi connectivity index (χ3v) is 2.42. The molecule has 1 aromatic carbocycles. The van der Waals surface area contributed by atoms with Crippen LogP contribution in [-0.4, -0.2) is 38.0 Å². The summed E-state index contributed by atoms with van der Waals surface area (Å²) >= 11 is 0. The highest BCUT2D eigenvalue weighted by atomic mass is 16.1. The summed E-state index contributed by atoms with van der Waals surface area (Å²) in [6.45, 7) is 3.36. The van der Waals surface area contributed by atoms with Crippen LogP contribution in [0, 0.1) is 6.92 Å². The molecule has 0 radical (unpaired) electrons. The number of nitrogens with one attached hydrogen (secondary N) is 2. The van der Waals surface area contributed by atoms with E-state index in [0.717, 1.165) is 12.1 Å². The number of carbonyl (C=O) groups is 1. The molecule has 1 rings (SSSR count). The average Bonchev–Trinajstić information content (AvgIpc) is 2.28. The van der Waals surface area contributed by atoms with Crippen LogP contribution < -0.4 is 16.6 Å². The van der Waals surface area contributed by atoms with E-state index < -0.39 is 0 Å². The van der Waals surface area contributed by atoms with E-state index in [-0.39, 0.29) is 5.91 Å². The lowest BCUT2D eigenvalue weighted by Crippen LogP contribution is -2.32. The Kier molecular flexibility index (Phi) is 4.93. The molecule has 4 N–H and O–H groups in total. The van der Waals surface area contributed by atoms with Crippen molar-refractivity contribution in [1.29, 1.82) is 0 Å². The SMILES string of the molecule is Cc1ccc(NN)c(C(=O)NCCN(C)C)c1. The Hall–Kier alpha value is -1.59. The third kappa shape index (κ3) is 4.05. The van der Waals surface area contributed by atoms with E-state index in [4.69, 9.17) is 5.84 Å². The maximum atomic E-state index is 11.9. The van der Waals surface area contributed by atoms with Crippen molar-refractivity contribution in [2.45, 2.75) is 6.92 Å². The van der Waals surface area contributed by atoms with Gasteiger partial charge < -0.3 is 15.6 Å². The normalized spacial score (nSPS) is 10.4. The minimum Gasteiger partial charge on any atom is -0.351 e. The molecule has 5 nitrogen and oxygen atoms in total. The highest BCUT2D eigenvalue weighted by Crippen LogP contribution is 2.15. The monoisotopic (exact) mass is 236 g/mol. The van der Waals surface area contributed by atoms with Crippen molar-refractivity contribution in [3.63, 3.8) is 0 Å². The quantitative estimate of drug-likeness (QED) is 0.516. The van der Waals surface area contributed by atoms with Crippen molar-refractivity contribution in [2.75, 3.05) is 32.6 Å². The van der Waals surface area contributed by atoms with Crippen molar-refractivity contribution in [3.8, 4) is 0 Å². The first-order valence-corrected chi connectivity index (χ1v) is 5.55. The number of aryl methyl sites for hydroxylation is 1. The van der Waals surface area contributed by atoms with Crippen molar-refractivity contribution >= 4 is 11.6 Å². The lowest BCUT2D eigenvalue weighted by atomic mass is 10.1. The zero-order valence-corrected chi connectivity index (χ0v) is 10.6. The number of amides is 1. The first kappa shape index (κ1) is 13.5. The molecule has 0 heterocycles. The van der Waals surface area contributed by atoms with Crippen LogP contribution >= 0.6 is 0 Å². The largest absolute Gasteiger partial charge is 0.351 e. The number of rotatable bonds is 5. The molecule has 0 atom stereocenters. The van der Waals surface area contributed by atoms with Crippen molar-refractivity contribution < 1.29 is 4.79 Å². The third-order valence-electron chi connectivity index (χ3n) is 2.42. The molecule has 0 aliphatic rings. The average molecular weight is 236 g/mol. The maximum Gasteiger partial charge on any atom is 0.253 e. The number of anilines is 1. The van der Waals surface area contributed by atoms with E-state index in [0.29, 0.717) is 17.8 Å². The van der Waals surface area contributed by atoms with Gasteiger partial charge in [-0.1, -0.05) is 11.6 Å². The van der Waals surface area contributed by atoms with Gasteiger partial charge in [-0.05, 0) is 33.2 Å². The number of nitrogens with zero attached hydrogens (tertiary/aromatic N) is 1. The number of hydrazine groups is 1. The fourth-order valence-electron chi connectivity index (χ4n) is 1.46. The van der Waals surface area contributed by atoms with E-state index in [1.807, 2.05) is 38.1 Å². The lowest BCUT2D eigenvalue weighted by Gasteiger charge is -2.12. The van der Waals surface area contributed by atoms with Gasteiger partial charge in [0.25, 0.3) is 5.91 Å². The van der Waals surface area contributed by atoms with Crippen LogP contribution in [0.4, 0.5) is 5.69 Å². The second kappa shape index (κ2) is 6.22. The van der Waals surface area contributed by atoms with Crippen LogP contribution in [0.3, 0.4) is 0 Å². The highest BCUT2D eigenvalue weighted by molar-refractivity contribution is 5.99. The summed E-state index contributed by atoms with van der Waals surface area (Å²) in [5.41, 5.74) is 4.77. The van der Waals surface area contributed by atoms with Gasteiger partial charge >= 0.3 is 0 Å². The van der Waals surface area contributed by atoms with Crippen LogP contribution in [-0.2, 0) is 0 Å². The van der Waals surface area contributed by atoms with Gasteiger partial charge in [0.15, 0.2) is 0 Å². The van der Waals surface area contributed by atoms with E-state index in [9.17, 15) is 4.79 Å². The number of carbonyl (C=O) groups excluding carboxylic acids is 1. The molecule has 0 saturated heterocycles. The van der Waals surface area contributed by atoms with Gasteiger partial charge in [-0.2, -0.15) is 0 Å². The van der Waals surface area contributed by atoms with Crippen LogP contribution in [0.5, 0.6) is 0 Å². The Balaban J connectivity index is 2.70. The second-order valence-electron chi connectivity index (χ2n) is 4.25. The number of nitrogens with two attached hydrogens (primary N) is 1. The number of hydrogen-bond acceptors (Lipinski definition) is 4. The second-order valence-corrected chi connectivity index (χ2v) is 4.25. The van der Waals surface area contributed by atoms with Crippen LogP contribution in [0.25, 0.3) is 0 Å². The molecular formula is C12H20N4O. The minimum absolute atomic E-state index is 0.108. The maximum absolute atomic E-state index is 11.9. The Morgan fingerprint density at radius 2 is 2.12 bits per heavy atom. The zero-order valence-electron chi connectivity index (χ0n) is 10.6. The first-order chi connectivity index (χ1) is 8.04. The molecule has 0 aromatic heterocycles. The van der Waals surface area contributed by atoms with Crippen molar-refractivity contribution in [1.82, 2.24) is 10.2 Å². The van der Waals surface area contributed by atoms with Crippen LogP contribution in [0.15, 0.2) is 18.2 Å². The molecule has 0 saturated carbocycles. The standard InChI is InChI=1S/C12H20N4O/c1-9-4-5-11(15-13)10(8-9)12(17)14-6-7-16(2)3/h4-5,8,15H,6-7,13H2,1-3H3,(H,14,17). The summed E-state index contributed by atoms with van der Waals surface area (Å²) in [5, 5.41) is 2.86. The van der Waals surface area contributed by atoms with Gasteiger partial charge in [0.05, 0.1) is 11.3 Å². The molecule has 94 valence electrons. The van der Waals surface area contributed by atoms with Crippen LogP contribution in [0.1, 0.15) is 15.9 Å². The molecular weight excluding hydrogens is 216 g/mol. The van der Waals surface area contributed by atoms with Crippen molar-refractivity contribution in [3.05, 3.63) is 29.3 Å². The number of likely N-dealkylation sites (N-methyl/N-ethyl adjacent to an activating group) is 1. The van der Waals surface area contributed by atoms with Gasteiger partial charge in [-0.15, -0.1) is 0 Å². The topological polar surface area (TPSA) is 70.4 Å². The van der Waals surface area contributed by atoms with E-state index in [1.165, 1.54) is 0 Å². The number of hydrogen-bond donors (Lipinski definition) is 3. The van der Waals surface area contributed by atoms with Gasteiger partial charge in [0.1, 0.15) is 0 Å². The molecule has 5 heteroatoms. The van der Waals surface area contributed by atoms with E-state index in [1.54, 1.807) is 6.07 Å².